The maximum atomic E-state index is 9.08. The number of hydrogen-bond acceptors (Lipinski definition) is 3. The van der Waals surface area contributed by atoms with Gasteiger partial charge in [0.15, 0.2) is 0 Å². The van der Waals surface area contributed by atoms with E-state index in [1.165, 1.54) is 0 Å². The zero-order chi connectivity index (χ0) is 10.8. The average molecular weight is 194 g/mol. The van der Waals surface area contributed by atoms with Gasteiger partial charge in [-0.2, -0.15) is 0 Å². The first-order valence-electron chi connectivity index (χ1n) is 4.54. The van der Waals surface area contributed by atoms with Crippen molar-refractivity contribution in [1.29, 1.82) is 0 Å². The van der Waals surface area contributed by atoms with Crippen molar-refractivity contribution in [2.75, 3.05) is 0 Å². The van der Waals surface area contributed by atoms with Gasteiger partial charge < -0.3 is 14.8 Å². The van der Waals surface area contributed by atoms with Gasteiger partial charge in [0.05, 0.1) is 0 Å². The Morgan fingerprint density at radius 3 is 2.21 bits per heavy atom. The van der Waals surface area contributed by atoms with Crippen molar-refractivity contribution in [3.05, 3.63) is 24.3 Å². The van der Waals surface area contributed by atoms with E-state index < -0.39 is 7.12 Å². The molecule has 3 nitrogen and oxygen atoms in total. The maximum Gasteiger partial charge on any atom is 0.492 e. The number of hydrogen-bond donors (Lipinski definition) is 2. The van der Waals surface area contributed by atoms with Crippen LogP contribution in [0.5, 0.6) is 5.75 Å². The van der Waals surface area contributed by atoms with Crippen LogP contribution >= 0.6 is 0 Å². The van der Waals surface area contributed by atoms with E-state index in [2.05, 4.69) is 0 Å². The topological polar surface area (TPSA) is 49.7 Å². The molecule has 0 amide bonds. The Kier molecular flexibility index (Phi) is 3.19. The summed E-state index contributed by atoms with van der Waals surface area (Å²) in [5, 5.41) is 18.2. The molecular formula is C10H15BO3. The molecule has 0 aromatic heterocycles. The van der Waals surface area contributed by atoms with E-state index in [9.17, 15) is 0 Å². The molecular weight excluding hydrogens is 179 g/mol. The van der Waals surface area contributed by atoms with Gasteiger partial charge in [-0.15, -0.1) is 0 Å². The zero-order valence-electron chi connectivity index (χ0n) is 8.69. The molecule has 0 aliphatic heterocycles. The number of rotatable bonds is 2. The molecule has 0 saturated carbocycles. The molecule has 0 heterocycles. The zero-order valence-corrected chi connectivity index (χ0v) is 8.69. The molecule has 14 heavy (non-hydrogen) atoms. The van der Waals surface area contributed by atoms with Crippen molar-refractivity contribution in [1.82, 2.24) is 0 Å². The van der Waals surface area contributed by atoms with Crippen molar-refractivity contribution in [2.24, 2.45) is 0 Å². The van der Waals surface area contributed by atoms with E-state index >= 15 is 0 Å². The summed E-state index contributed by atoms with van der Waals surface area (Å²) in [4.78, 5) is 0. The van der Waals surface area contributed by atoms with Gasteiger partial charge in [0.2, 0.25) is 0 Å². The van der Waals surface area contributed by atoms with Crippen LogP contribution in [0.15, 0.2) is 24.3 Å². The maximum absolute atomic E-state index is 9.08. The Balaban J connectivity index is 2.96. The molecule has 1 aromatic rings. The molecule has 76 valence electrons. The van der Waals surface area contributed by atoms with Crippen LogP contribution in [-0.2, 0) is 0 Å². The van der Waals surface area contributed by atoms with Gasteiger partial charge in [0.1, 0.15) is 11.4 Å². The molecule has 0 aliphatic rings. The number of para-hydroxylation sites is 1. The highest BCUT2D eigenvalue weighted by Crippen LogP contribution is 2.15. The second-order valence-electron chi connectivity index (χ2n) is 4.13. The van der Waals surface area contributed by atoms with Crippen LogP contribution in [0.4, 0.5) is 0 Å². The normalized spacial score (nSPS) is 11.2. The van der Waals surface area contributed by atoms with Gasteiger partial charge in [-0.05, 0) is 26.8 Å². The van der Waals surface area contributed by atoms with E-state index in [0.717, 1.165) is 0 Å². The van der Waals surface area contributed by atoms with Gasteiger partial charge in [-0.3, -0.25) is 0 Å². The summed E-state index contributed by atoms with van der Waals surface area (Å²) in [6, 6.07) is 6.89. The van der Waals surface area contributed by atoms with Crippen molar-refractivity contribution in [2.45, 2.75) is 26.4 Å². The van der Waals surface area contributed by atoms with Gasteiger partial charge in [-0.25, -0.2) is 0 Å². The fraction of sp³-hybridized carbons (Fsp3) is 0.400. The molecule has 0 bridgehead atoms. The molecule has 1 aromatic carbocycles. The molecule has 0 atom stereocenters. The smallest absolute Gasteiger partial charge is 0.489 e. The van der Waals surface area contributed by atoms with Gasteiger partial charge in [-0.1, -0.05) is 18.2 Å². The third-order valence-electron chi connectivity index (χ3n) is 1.61. The van der Waals surface area contributed by atoms with Crippen LogP contribution in [0.3, 0.4) is 0 Å². The van der Waals surface area contributed by atoms with E-state index in [-0.39, 0.29) is 5.60 Å². The molecule has 0 saturated heterocycles. The third-order valence-corrected chi connectivity index (χ3v) is 1.61. The monoisotopic (exact) mass is 194 g/mol. The molecule has 0 radical (unpaired) electrons. The summed E-state index contributed by atoms with van der Waals surface area (Å²) in [7, 11) is -1.49. The lowest BCUT2D eigenvalue weighted by Gasteiger charge is -2.23. The standard InChI is InChI=1S/C10H15BO3/c1-10(2,3)14-9-7-5-4-6-8(9)11(12)13/h4-7,12-13H,1-3H3. The summed E-state index contributed by atoms with van der Waals surface area (Å²) in [6.45, 7) is 5.73. The van der Waals surface area contributed by atoms with E-state index in [0.29, 0.717) is 11.2 Å². The first kappa shape index (κ1) is 11.1. The predicted molar refractivity (Wildman–Crippen MR) is 56.6 cm³/mol. The van der Waals surface area contributed by atoms with Crippen LogP contribution < -0.4 is 10.2 Å². The lowest BCUT2D eigenvalue weighted by atomic mass is 9.79. The van der Waals surface area contributed by atoms with E-state index in [4.69, 9.17) is 14.8 Å². The van der Waals surface area contributed by atoms with Crippen molar-refractivity contribution >= 4 is 12.6 Å². The van der Waals surface area contributed by atoms with Crippen LogP contribution in [0.1, 0.15) is 20.8 Å². The van der Waals surface area contributed by atoms with Crippen molar-refractivity contribution < 1.29 is 14.8 Å². The highest BCUT2D eigenvalue weighted by molar-refractivity contribution is 6.59. The first-order valence-corrected chi connectivity index (χ1v) is 4.54. The van der Waals surface area contributed by atoms with E-state index in [1.54, 1.807) is 24.3 Å². The second-order valence-corrected chi connectivity index (χ2v) is 4.13. The number of ether oxygens (including phenoxy) is 1. The van der Waals surface area contributed by atoms with Crippen LogP contribution in [0.25, 0.3) is 0 Å². The SMILES string of the molecule is CC(C)(C)Oc1ccccc1B(O)O. The highest BCUT2D eigenvalue weighted by atomic mass is 16.5. The van der Waals surface area contributed by atoms with Gasteiger partial charge >= 0.3 is 7.12 Å². The van der Waals surface area contributed by atoms with Gasteiger partial charge in [0, 0.05) is 5.46 Å². The summed E-state index contributed by atoms with van der Waals surface area (Å²) in [6.07, 6.45) is 0. The fourth-order valence-corrected chi connectivity index (χ4v) is 1.12. The summed E-state index contributed by atoms with van der Waals surface area (Å²) in [5.74, 6) is 0.509. The Labute approximate surface area is 84.5 Å². The molecule has 0 unspecified atom stereocenters. The minimum absolute atomic E-state index is 0.342. The van der Waals surface area contributed by atoms with Crippen LogP contribution in [0.2, 0.25) is 0 Å². The molecule has 0 spiro atoms. The highest BCUT2D eigenvalue weighted by Gasteiger charge is 2.20. The number of benzene rings is 1. The summed E-state index contributed by atoms with van der Waals surface area (Å²) < 4.78 is 5.57. The lowest BCUT2D eigenvalue weighted by molar-refractivity contribution is 0.132. The van der Waals surface area contributed by atoms with Crippen LogP contribution in [0, 0.1) is 0 Å². The Morgan fingerprint density at radius 2 is 1.71 bits per heavy atom. The second kappa shape index (κ2) is 4.03. The van der Waals surface area contributed by atoms with Crippen molar-refractivity contribution in [3.63, 3.8) is 0 Å². The van der Waals surface area contributed by atoms with Gasteiger partial charge in [0.25, 0.3) is 0 Å². The summed E-state index contributed by atoms with van der Waals surface area (Å²) >= 11 is 0. The van der Waals surface area contributed by atoms with E-state index in [1.807, 2.05) is 20.8 Å². The van der Waals surface area contributed by atoms with Crippen molar-refractivity contribution in [3.8, 4) is 5.75 Å². The lowest BCUT2D eigenvalue weighted by Crippen LogP contribution is -2.34. The quantitative estimate of drug-likeness (QED) is 0.675. The molecule has 0 fully saturated rings. The molecule has 0 aliphatic carbocycles. The predicted octanol–water partition coefficient (Wildman–Crippen LogP) is 0.544. The van der Waals surface area contributed by atoms with Crippen LogP contribution in [-0.4, -0.2) is 22.8 Å². The Morgan fingerprint density at radius 1 is 1.14 bits per heavy atom. The Bertz CT molecular complexity index is 304. The average Bonchev–Trinajstić information content (AvgIpc) is 2.01. The molecule has 1 rings (SSSR count). The Hall–Kier alpha value is -0.995. The third kappa shape index (κ3) is 3.05. The molecule has 4 heteroatoms. The minimum Gasteiger partial charge on any atom is -0.489 e. The minimum atomic E-state index is -1.49. The largest absolute Gasteiger partial charge is 0.492 e. The first-order chi connectivity index (χ1) is 6.40. The fourth-order valence-electron chi connectivity index (χ4n) is 1.12. The molecule has 2 N–H and O–H groups in total. The summed E-state index contributed by atoms with van der Waals surface area (Å²) in [5.41, 5.74) is 0.0489.